The highest BCUT2D eigenvalue weighted by molar-refractivity contribution is 9.10. The number of rotatable bonds is 3. The van der Waals surface area contributed by atoms with Crippen molar-refractivity contribution in [3.05, 3.63) is 33.3 Å². The van der Waals surface area contributed by atoms with Crippen LogP contribution in [0.25, 0.3) is 0 Å². The lowest BCUT2D eigenvalue weighted by Gasteiger charge is -2.30. The van der Waals surface area contributed by atoms with Crippen LogP contribution in [0.3, 0.4) is 0 Å². The van der Waals surface area contributed by atoms with Crippen molar-refractivity contribution in [3.8, 4) is 0 Å². The van der Waals surface area contributed by atoms with Crippen molar-refractivity contribution in [1.82, 2.24) is 0 Å². The molecule has 2 aliphatic rings. The Morgan fingerprint density at radius 2 is 1.88 bits per heavy atom. The lowest BCUT2D eigenvalue weighted by atomic mass is 9.83. The van der Waals surface area contributed by atoms with Gasteiger partial charge < -0.3 is 0 Å². The number of aryl methyl sites for hydroxylation is 1. The van der Waals surface area contributed by atoms with Gasteiger partial charge in [0, 0.05) is 22.4 Å². The first kappa shape index (κ1) is 17.8. The Hall–Kier alpha value is -0.960. The van der Waals surface area contributed by atoms with E-state index in [4.69, 9.17) is 4.99 Å². The monoisotopic (exact) mass is 389 g/mol. The molecule has 3 rings (SSSR count). The molecule has 3 heteroatoms. The molecule has 1 saturated carbocycles. The molecule has 0 bridgehead atoms. The number of benzene rings is 1. The zero-order chi connectivity index (χ0) is 17.3. The van der Waals surface area contributed by atoms with Crippen molar-refractivity contribution in [3.63, 3.8) is 0 Å². The largest absolute Gasteiger partial charge is 0.299 e. The van der Waals surface area contributed by atoms with E-state index in [1.165, 1.54) is 42.4 Å². The molecule has 0 N–H and O–H groups in total. The highest BCUT2D eigenvalue weighted by Crippen LogP contribution is 2.33. The van der Waals surface area contributed by atoms with Crippen LogP contribution in [0.15, 0.2) is 21.6 Å². The van der Waals surface area contributed by atoms with E-state index < -0.39 is 0 Å². The van der Waals surface area contributed by atoms with Crippen LogP contribution >= 0.6 is 15.9 Å². The first-order valence-corrected chi connectivity index (χ1v) is 10.1. The number of aliphatic imine (C=N–C) groups is 1. The summed E-state index contributed by atoms with van der Waals surface area (Å²) in [5.41, 5.74) is 4.64. The van der Waals surface area contributed by atoms with Crippen LogP contribution < -0.4 is 0 Å². The van der Waals surface area contributed by atoms with E-state index in [0.29, 0.717) is 12.2 Å². The van der Waals surface area contributed by atoms with Gasteiger partial charge in [-0.1, -0.05) is 47.7 Å². The number of carbonyl (C=O) groups is 1. The molecule has 0 atom stereocenters. The molecule has 24 heavy (non-hydrogen) atoms. The highest BCUT2D eigenvalue weighted by atomic mass is 79.9. The maximum atomic E-state index is 12.9. The fourth-order valence-corrected chi connectivity index (χ4v) is 4.48. The SMILES string of the molecule is Cc1cc2c(cc1Br)C(CC(=O)C1CCCCCC1)=NC(C)(C)C2. The van der Waals surface area contributed by atoms with Gasteiger partial charge in [0.2, 0.25) is 0 Å². The van der Waals surface area contributed by atoms with Crippen molar-refractivity contribution in [2.45, 2.75) is 77.7 Å². The molecule has 1 aliphatic heterocycles. The molecule has 2 nitrogen and oxygen atoms in total. The molecule has 0 aromatic heterocycles. The topological polar surface area (TPSA) is 29.4 Å². The van der Waals surface area contributed by atoms with Crippen LogP contribution in [0.4, 0.5) is 0 Å². The second kappa shape index (κ2) is 7.11. The van der Waals surface area contributed by atoms with Gasteiger partial charge in [-0.2, -0.15) is 0 Å². The van der Waals surface area contributed by atoms with Gasteiger partial charge in [0.1, 0.15) is 5.78 Å². The van der Waals surface area contributed by atoms with E-state index in [-0.39, 0.29) is 11.5 Å². The summed E-state index contributed by atoms with van der Waals surface area (Å²) in [7, 11) is 0. The molecular formula is C21H28BrNO. The summed E-state index contributed by atoms with van der Waals surface area (Å²) in [6.45, 7) is 6.46. The minimum atomic E-state index is -0.119. The second-order valence-electron chi connectivity index (χ2n) is 8.14. The van der Waals surface area contributed by atoms with Crippen LogP contribution in [0.1, 0.15) is 75.5 Å². The van der Waals surface area contributed by atoms with Gasteiger partial charge in [-0.3, -0.25) is 9.79 Å². The molecule has 0 unspecified atom stereocenters. The average Bonchev–Trinajstić information content (AvgIpc) is 2.77. The zero-order valence-corrected chi connectivity index (χ0v) is 16.7. The van der Waals surface area contributed by atoms with Gasteiger partial charge in [-0.05, 0) is 57.2 Å². The number of fused-ring (bicyclic) bond motifs is 1. The summed E-state index contributed by atoms with van der Waals surface area (Å²) in [5.74, 6) is 0.647. The summed E-state index contributed by atoms with van der Waals surface area (Å²) < 4.78 is 1.11. The Morgan fingerprint density at radius 3 is 2.54 bits per heavy atom. The van der Waals surface area contributed by atoms with Gasteiger partial charge in [0.25, 0.3) is 0 Å². The number of hydrogen-bond acceptors (Lipinski definition) is 2. The van der Waals surface area contributed by atoms with Crippen LogP contribution in [-0.2, 0) is 11.2 Å². The molecule has 1 fully saturated rings. The molecule has 0 radical (unpaired) electrons. The van der Waals surface area contributed by atoms with Crippen molar-refractivity contribution in [1.29, 1.82) is 0 Å². The van der Waals surface area contributed by atoms with E-state index in [9.17, 15) is 4.79 Å². The van der Waals surface area contributed by atoms with Crippen molar-refractivity contribution in [2.24, 2.45) is 10.9 Å². The van der Waals surface area contributed by atoms with E-state index in [0.717, 1.165) is 29.4 Å². The Morgan fingerprint density at radius 1 is 1.21 bits per heavy atom. The standard InChI is InChI=1S/C21H28BrNO/c1-14-10-16-13-21(2,3)23-19(17(16)11-18(14)22)12-20(24)15-8-6-4-5-7-9-15/h10-11,15H,4-9,12-13H2,1-3H3. The van der Waals surface area contributed by atoms with Gasteiger partial charge in [0.15, 0.2) is 0 Å². The summed E-state index contributed by atoms with van der Waals surface area (Å²) in [6.07, 6.45) is 8.55. The fraction of sp³-hybridized carbons (Fsp3) is 0.619. The quantitative estimate of drug-likeness (QED) is 0.599. The summed E-state index contributed by atoms with van der Waals surface area (Å²) in [5, 5.41) is 0. The van der Waals surface area contributed by atoms with E-state index >= 15 is 0 Å². The summed E-state index contributed by atoms with van der Waals surface area (Å²) in [4.78, 5) is 17.9. The Labute approximate surface area is 154 Å². The molecule has 0 amide bonds. The van der Waals surface area contributed by atoms with Gasteiger partial charge in [-0.15, -0.1) is 0 Å². The molecular weight excluding hydrogens is 362 g/mol. The van der Waals surface area contributed by atoms with Crippen molar-refractivity contribution in [2.75, 3.05) is 0 Å². The first-order chi connectivity index (χ1) is 11.4. The van der Waals surface area contributed by atoms with Crippen molar-refractivity contribution >= 4 is 27.4 Å². The third-order valence-corrected chi connectivity index (χ3v) is 6.26. The smallest absolute Gasteiger partial charge is 0.141 e. The molecule has 0 spiro atoms. The second-order valence-corrected chi connectivity index (χ2v) is 8.99. The zero-order valence-electron chi connectivity index (χ0n) is 15.1. The van der Waals surface area contributed by atoms with Crippen LogP contribution in [0, 0.1) is 12.8 Å². The van der Waals surface area contributed by atoms with Gasteiger partial charge >= 0.3 is 0 Å². The Balaban J connectivity index is 1.87. The number of Topliss-reactive ketones (excluding diaryl/α,β-unsaturated/α-hetero) is 1. The maximum Gasteiger partial charge on any atom is 0.141 e. The number of ketones is 1. The third-order valence-electron chi connectivity index (χ3n) is 5.41. The van der Waals surface area contributed by atoms with E-state index in [1.807, 2.05) is 0 Å². The molecule has 1 aromatic carbocycles. The van der Waals surface area contributed by atoms with E-state index in [1.54, 1.807) is 0 Å². The molecule has 1 heterocycles. The highest BCUT2D eigenvalue weighted by Gasteiger charge is 2.30. The predicted molar refractivity (Wildman–Crippen MR) is 104 cm³/mol. The minimum Gasteiger partial charge on any atom is -0.299 e. The molecule has 130 valence electrons. The van der Waals surface area contributed by atoms with Gasteiger partial charge in [-0.25, -0.2) is 0 Å². The number of carbonyl (C=O) groups excluding carboxylic acids is 1. The number of halogens is 1. The van der Waals surface area contributed by atoms with Crippen LogP contribution in [0.5, 0.6) is 0 Å². The van der Waals surface area contributed by atoms with E-state index in [2.05, 4.69) is 48.8 Å². The Bertz CT molecular complexity index is 667. The normalized spacial score (nSPS) is 20.9. The molecule has 1 aliphatic carbocycles. The third kappa shape index (κ3) is 3.99. The summed E-state index contributed by atoms with van der Waals surface area (Å²) in [6, 6.07) is 4.42. The average molecular weight is 390 g/mol. The first-order valence-electron chi connectivity index (χ1n) is 9.26. The van der Waals surface area contributed by atoms with Crippen LogP contribution in [-0.4, -0.2) is 17.0 Å². The lowest BCUT2D eigenvalue weighted by Crippen LogP contribution is -2.31. The lowest BCUT2D eigenvalue weighted by molar-refractivity contribution is -0.122. The predicted octanol–water partition coefficient (Wildman–Crippen LogP) is 5.81. The maximum absolute atomic E-state index is 12.9. The van der Waals surface area contributed by atoms with Crippen LogP contribution in [0.2, 0.25) is 0 Å². The fourth-order valence-electron chi connectivity index (χ4n) is 4.13. The number of nitrogens with zero attached hydrogens (tertiary/aromatic N) is 1. The molecule has 1 aromatic rings. The minimum absolute atomic E-state index is 0.119. The molecule has 0 saturated heterocycles. The summed E-state index contributed by atoms with van der Waals surface area (Å²) >= 11 is 3.64. The van der Waals surface area contributed by atoms with Crippen molar-refractivity contribution < 1.29 is 4.79 Å². The van der Waals surface area contributed by atoms with Gasteiger partial charge in [0.05, 0.1) is 11.3 Å². The number of hydrogen-bond donors (Lipinski definition) is 0. The Kier molecular flexibility index (Phi) is 5.29.